The van der Waals surface area contributed by atoms with Crippen LogP contribution in [0.25, 0.3) is 11.0 Å². The second-order valence-corrected chi connectivity index (χ2v) is 7.66. The van der Waals surface area contributed by atoms with Crippen LogP contribution in [-0.4, -0.2) is 29.1 Å². The van der Waals surface area contributed by atoms with Gasteiger partial charge in [0.25, 0.3) is 0 Å². The zero-order valence-corrected chi connectivity index (χ0v) is 16.7. The Labute approximate surface area is 168 Å². The molecule has 1 saturated heterocycles. The third kappa shape index (κ3) is 3.87. The van der Waals surface area contributed by atoms with E-state index in [1.54, 1.807) is 18.5 Å². The third-order valence-corrected chi connectivity index (χ3v) is 5.21. The van der Waals surface area contributed by atoms with Gasteiger partial charge < -0.3 is 20.0 Å². The SMILES string of the molecule is Cc1c(C(NC(=O)Nc2cnc(N3CCC3)nc2)C(C)C)oc2ccc(F)cc12. The first-order valence-corrected chi connectivity index (χ1v) is 9.75. The molecule has 2 aromatic heterocycles. The summed E-state index contributed by atoms with van der Waals surface area (Å²) in [6.45, 7) is 7.78. The van der Waals surface area contributed by atoms with Crippen LogP contribution >= 0.6 is 0 Å². The van der Waals surface area contributed by atoms with Crippen molar-refractivity contribution in [2.45, 2.75) is 33.2 Å². The van der Waals surface area contributed by atoms with Gasteiger partial charge in [-0.2, -0.15) is 0 Å². The molecule has 2 amide bonds. The molecular weight excluding hydrogens is 373 g/mol. The van der Waals surface area contributed by atoms with E-state index in [0.29, 0.717) is 28.4 Å². The predicted octanol–water partition coefficient (Wildman–Crippen LogP) is 4.40. The highest BCUT2D eigenvalue weighted by Crippen LogP contribution is 2.33. The van der Waals surface area contributed by atoms with Crippen LogP contribution in [0.5, 0.6) is 0 Å². The summed E-state index contributed by atoms with van der Waals surface area (Å²) in [5, 5.41) is 6.43. The van der Waals surface area contributed by atoms with E-state index >= 15 is 0 Å². The molecule has 0 bridgehead atoms. The Morgan fingerprint density at radius 2 is 1.97 bits per heavy atom. The van der Waals surface area contributed by atoms with Gasteiger partial charge in [0.15, 0.2) is 0 Å². The summed E-state index contributed by atoms with van der Waals surface area (Å²) in [6, 6.07) is 3.67. The number of furan rings is 1. The molecule has 0 aliphatic carbocycles. The lowest BCUT2D eigenvalue weighted by molar-refractivity contribution is 0.241. The number of halogens is 1. The first-order valence-electron chi connectivity index (χ1n) is 9.75. The molecule has 2 N–H and O–H groups in total. The third-order valence-electron chi connectivity index (χ3n) is 5.21. The number of urea groups is 1. The Hall–Kier alpha value is -3.16. The van der Waals surface area contributed by atoms with E-state index in [2.05, 4.69) is 25.5 Å². The first-order chi connectivity index (χ1) is 13.9. The maximum Gasteiger partial charge on any atom is 0.319 e. The summed E-state index contributed by atoms with van der Waals surface area (Å²) >= 11 is 0. The van der Waals surface area contributed by atoms with Crippen LogP contribution in [0.2, 0.25) is 0 Å². The number of amides is 2. The van der Waals surface area contributed by atoms with Crippen LogP contribution in [0.1, 0.15) is 37.6 Å². The minimum Gasteiger partial charge on any atom is -0.459 e. The smallest absolute Gasteiger partial charge is 0.319 e. The minimum atomic E-state index is -0.380. The number of benzene rings is 1. The molecular formula is C21H24FN5O2. The lowest BCUT2D eigenvalue weighted by Crippen LogP contribution is -2.38. The largest absolute Gasteiger partial charge is 0.459 e. The molecule has 0 saturated carbocycles. The van der Waals surface area contributed by atoms with Gasteiger partial charge in [0.05, 0.1) is 24.1 Å². The van der Waals surface area contributed by atoms with Crippen LogP contribution in [-0.2, 0) is 0 Å². The predicted molar refractivity (Wildman–Crippen MR) is 110 cm³/mol. The molecule has 29 heavy (non-hydrogen) atoms. The topological polar surface area (TPSA) is 83.3 Å². The maximum atomic E-state index is 13.6. The van der Waals surface area contributed by atoms with Crippen LogP contribution in [0.15, 0.2) is 35.0 Å². The average molecular weight is 397 g/mol. The van der Waals surface area contributed by atoms with Gasteiger partial charge in [-0.25, -0.2) is 19.2 Å². The number of rotatable bonds is 5. The molecule has 1 aromatic carbocycles. The van der Waals surface area contributed by atoms with Crippen molar-refractivity contribution >= 4 is 28.6 Å². The van der Waals surface area contributed by atoms with E-state index < -0.39 is 0 Å². The van der Waals surface area contributed by atoms with Gasteiger partial charge in [0.2, 0.25) is 5.95 Å². The quantitative estimate of drug-likeness (QED) is 0.667. The number of fused-ring (bicyclic) bond motifs is 1. The summed E-state index contributed by atoms with van der Waals surface area (Å²) in [7, 11) is 0. The minimum absolute atomic E-state index is 0.0647. The van der Waals surface area contributed by atoms with Gasteiger partial charge in [-0.15, -0.1) is 0 Å². The molecule has 3 heterocycles. The standard InChI is InChI=1S/C21H24FN5O2/c1-12(2)18(19-13(3)16-9-14(22)5-6-17(16)29-19)26-21(28)25-15-10-23-20(24-11-15)27-7-4-8-27/h5-6,9-12,18H,4,7-8H2,1-3H3,(H2,25,26,28). The lowest BCUT2D eigenvalue weighted by atomic mass is 9.98. The summed E-state index contributed by atoms with van der Waals surface area (Å²) < 4.78 is 19.6. The fourth-order valence-corrected chi connectivity index (χ4v) is 3.42. The number of aromatic nitrogens is 2. The monoisotopic (exact) mass is 397 g/mol. The number of carbonyl (C=O) groups excluding carboxylic acids is 1. The zero-order chi connectivity index (χ0) is 20.5. The molecule has 4 rings (SSSR count). The van der Waals surface area contributed by atoms with Gasteiger partial charge in [0, 0.05) is 24.0 Å². The molecule has 1 fully saturated rings. The Kier molecular flexibility index (Phi) is 5.08. The number of hydrogen-bond donors (Lipinski definition) is 2. The van der Waals surface area contributed by atoms with Crippen LogP contribution in [0, 0.1) is 18.7 Å². The molecule has 0 radical (unpaired) electrons. The van der Waals surface area contributed by atoms with E-state index in [9.17, 15) is 9.18 Å². The molecule has 0 spiro atoms. The molecule has 7 nitrogen and oxygen atoms in total. The fraction of sp³-hybridized carbons (Fsp3) is 0.381. The number of anilines is 2. The Morgan fingerprint density at radius 3 is 2.59 bits per heavy atom. The molecule has 8 heteroatoms. The number of carbonyl (C=O) groups is 1. The van der Waals surface area contributed by atoms with Crippen molar-refractivity contribution in [2.75, 3.05) is 23.3 Å². The molecule has 1 atom stereocenters. The number of nitrogens with zero attached hydrogens (tertiary/aromatic N) is 3. The zero-order valence-electron chi connectivity index (χ0n) is 16.7. The maximum absolute atomic E-state index is 13.6. The molecule has 1 aliphatic heterocycles. The average Bonchev–Trinajstić information content (AvgIpc) is 2.96. The molecule has 1 aliphatic rings. The van der Waals surface area contributed by atoms with Gasteiger partial charge >= 0.3 is 6.03 Å². The van der Waals surface area contributed by atoms with Gasteiger partial charge in [-0.3, -0.25) is 0 Å². The van der Waals surface area contributed by atoms with Gasteiger partial charge in [-0.1, -0.05) is 13.8 Å². The van der Waals surface area contributed by atoms with Crippen molar-refractivity contribution in [2.24, 2.45) is 5.92 Å². The van der Waals surface area contributed by atoms with Crippen molar-refractivity contribution in [1.29, 1.82) is 0 Å². The summed E-state index contributed by atoms with van der Waals surface area (Å²) in [6.07, 6.45) is 4.34. The van der Waals surface area contributed by atoms with Crippen LogP contribution in [0.3, 0.4) is 0 Å². The second kappa shape index (κ2) is 7.69. The highest BCUT2D eigenvalue weighted by molar-refractivity contribution is 5.89. The van der Waals surface area contributed by atoms with Crippen LogP contribution in [0.4, 0.5) is 20.8 Å². The van der Waals surface area contributed by atoms with E-state index in [1.165, 1.54) is 12.1 Å². The van der Waals surface area contributed by atoms with Crippen molar-refractivity contribution in [3.8, 4) is 0 Å². The van der Waals surface area contributed by atoms with Crippen molar-refractivity contribution in [1.82, 2.24) is 15.3 Å². The van der Waals surface area contributed by atoms with Crippen molar-refractivity contribution < 1.29 is 13.6 Å². The highest BCUT2D eigenvalue weighted by atomic mass is 19.1. The van der Waals surface area contributed by atoms with E-state index in [-0.39, 0.29) is 23.8 Å². The van der Waals surface area contributed by atoms with E-state index in [0.717, 1.165) is 25.1 Å². The molecule has 152 valence electrons. The molecule has 1 unspecified atom stereocenters. The van der Waals surface area contributed by atoms with E-state index in [1.807, 2.05) is 20.8 Å². The van der Waals surface area contributed by atoms with Crippen LogP contribution < -0.4 is 15.5 Å². The number of hydrogen-bond acceptors (Lipinski definition) is 5. The highest BCUT2D eigenvalue weighted by Gasteiger charge is 2.25. The number of aryl methyl sites for hydroxylation is 1. The number of nitrogens with one attached hydrogen (secondary N) is 2. The summed E-state index contributed by atoms with van der Waals surface area (Å²) in [4.78, 5) is 23.2. The normalized spacial score (nSPS) is 14.7. The fourth-order valence-electron chi connectivity index (χ4n) is 3.42. The Bertz CT molecular complexity index is 1030. The van der Waals surface area contributed by atoms with E-state index in [4.69, 9.17) is 4.42 Å². The summed E-state index contributed by atoms with van der Waals surface area (Å²) in [5.74, 6) is 1.05. The Balaban J connectivity index is 1.49. The molecule has 3 aromatic rings. The lowest BCUT2D eigenvalue weighted by Gasteiger charge is -2.30. The Morgan fingerprint density at radius 1 is 1.24 bits per heavy atom. The summed E-state index contributed by atoms with van der Waals surface area (Å²) in [5.41, 5.74) is 1.93. The second-order valence-electron chi connectivity index (χ2n) is 7.66. The van der Waals surface area contributed by atoms with Gasteiger partial charge in [-0.05, 0) is 37.5 Å². The first kappa shape index (κ1) is 19.2. The van der Waals surface area contributed by atoms with Crippen molar-refractivity contribution in [3.05, 3.63) is 47.7 Å². The van der Waals surface area contributed by atoms with Crippen molar-refractivity contribution in [3.63, 3.8) is 0 Å². The van der Waals surface area contributed by atoms with Gasteiger partial charge in [0.1, 0.15) is 17.2 Å².